The van der Waals surface area contributed by atoms with Crippen LogP contribution in [0.15, 0.2) is 30.9 Å². The van der Waals surface area contributed by atoms with E-state index in [4.69, 9.17) is 0 Å². The molecule has 1 aromatic rings. The normalized spacial score (nSPS) is 12.4. The molecule has 0 aliphatic heterocycles. The molecule has 0 aliphatic carbocycles. The molecule has 2 heteroatoms. The fraction of sp³-hybridized carbons (Fsp3) is 0.467. The third-order valence-electron chi connectivity index (χ3n) is 2.91. The van der Waals surface area contributed by atoms with E-state index in [1.54, 1.807) is 6.07 Å². The summed E-state index contributed by atoms with van der Waals surface area (Å²) in [6, 6.07) is 5.35. The highest BCUT2D eigenvalue weighted by Crippen LogP contribution is 2.14. The minimum absolute atomic E-state index is 0.154. The van der Waals surface area contributed by atoms with Crippen LogP contribution in [-0.2, 0) is 6.42 Å². The Labute approximate surface area is 104 Å². The summed E-state index contributed by atoms with van der Waals surface area (Å²) in [7, 11) is 0. The number of aryl methyl sites for hydroxylation is 1. The van der Waals surface area contributed by atoms with Crippen molar-refractivity contribution in [2.24, 2.45) is 0 Å². The van der Waals surface area contributed by atoms with Crippen LogP contribution in [0.5, 0.6) is 0 Å². The Kier molecular flexibility index (Phi) is 5.92. The van der Waals surface area contributed by atoms with E-state index >= 15 is 0 Å². The maximum absolute atomic E-state index is 13.2. The Bertz CT molecular complexity index is 360. The van der Waals surface area contributed by atoms with Gasteiger partial charge in [-0.05, 0) is 56.0 Å². The van der Waals surface area contributed by atoms with Crippen LogP contribution in [0.3, 0.4) is 0 Å². The lowest BCUT2D eigenvalue weighted by molar-refractivity contribution is 0.509. The highest BCUT2D eigenvalue weighted by Gasteiger charge is 2.09. The van der Waals surface area contributed by atoms with Crippen LogP contribution in [0.1, 0.15) is 30.9 Å². The van der Waals surface area contributed by atoms with Crippen molar-refractivity contribution in [2.75, 3.05) is 6.54 Å². The van der Waals surface area contributed by atoms with Crippen molar-refractivity contribution in [1.82, 2.24) is 5.32 Å². The van der Waals surface area contributed by atoms with E-state index in [1.165, 1.54) is 6.07 Å². The lowest BCUT2D eigenvalue weighted by Gasteiger charge is -2.18. The van der Waals surface area contributed by atoms with E-state index in [0.717, 1.165) is 36.9 Å². The molecule has 0 heterocycles. The zero-order valence-electron chi connectivity index (χ0n) is 10.8. The molecule has 1 aromatic carbocycles. The fourth-order valence-electron chi connectivity index (χ4n) is 1.91. The summed E-state index contributed by atoms with van der Waals surface area (Å²) in [4.78, 5) is 0. The Balaban J connectivity index is 2.70. The van der Waals surface area contributed by atoms with Crippen LogP contribution in [0.4, 0.5) is 4.39 Å². The molecular formula is C15H22FN. The molecule has 0 saturated heterocycles. The van der Waals surface area contributed by atoms with Crippen molar-refractivity contribution in [2.45, 2.75) is 39.2 Å². The fourth-order valence-corrected chi connectivity index (χ4v) is 1.91. The molecule has 0 amide bonds. The number of rotatable bonds is 7. The second-order valence-corrected chi connectivity index (χ2v) is 4.45. The summed E-state index contributed by atoms with van der Waals surface area (Å²) in [5, 5.41) is 3.47. The SMILES string of the molecule is C=CCC(Cc1cc(F)ccc1C)NCCC. The molecule has 17 heavy (non-hydrogen) atoms. The molecule has 1 rings (SSSR count). The molecule has 0 radical (unpaired) electrons. The standard InChI is InChI=1S/C15H22FN/c1-4-6-15(17-9-5-2)11-13-10-14(16)8-7-12(13)3/h4,7-8,10,15,17H,1,5-6,9,11H2,2-3H3. The van der Waals surface area contributed by atoms with Gasteiger partial charge in [0.15, 0.2) is 0 Å². The van der Waals surface area contributed by atoms with Crippen molar-refractivity contribution in [3.63, 3.8) is 0 Å². The van der Waals surface area contributed by atoms with Crippen LogP contribution < -0.4 is 5.32 Å². The molecular weight excluding hydrogens is 213 g/mol. The van der Waals surface area contributed by atoms with Crippen molar-refractivity contribution in [3.05, 3.63) is 47.8 Å². The Morgan fingerprint density at radius 3 is 2.88 bits per heavy atom. The summed E-state index contributed by atoms with van der Waals surface area (Å²) in [5.41, 5.74) is 2.24. The maximum Gasteiger partial charge on any atom is 0.123 e. The largest absolute Gasteiger partial charge is 0.313 e. The van der Waals surface area contributed by atoms with Crippen molar-refractivity contribution in [1.29, 1.82) is 0 Å². The molecule has 94 valence electrons. The molecule has 0 aliphatic rings. The van der Waals surface area contributed by atoms with Gasteiger partial charge in [-0.25, -0.2) is 4.39 Å². The van der Waals surface area contributed by atoms with Crippen molar-refractivity contribution < 1.29 is 4.39 Å². The van der Waals surface area contributed by atoms with Gasteiger partial charge in [-0.3, -0.25) is 0 Å². The van der Waals surface area contributed by atoms with Crippen LogP contribution >= 0.6 is 0 Å². The minimum Gasteiger partial charge on any atom is -0.313 e. The van der Waals surface area contributed by atoms with Crippen LogP contribution in [0.2, 0.25) is 0 Å². The number of hydrogen-bond donors (Lipinski definition) is 1. The molecule has 1 N–H and O–H groups in total. The van der Waals surface area contributed by atoms with Crippen LogP contribution in [-0.4, -0.2) is 12.6 Å². The third kappa shape index (κ3) is 4.70. The average Bonchev–Trinajstić information content (AvgIpc) is 2.31. The second-order valence-electron chi connectivity index (χ2n) is 4.45. The molecule has 0 fully saturated rings. The first-order valence-electron chi connectivity index (χ1n) is 6.26. The number of hydrogen-bond acceptors (Lipinski definition) is 1. The van der Waals surface area contributed by atoms with E-state index in [9.17, 15) is 4.39 Å². The maximum atomic E-state index is 13.2. The minimum atomic E-state index is -0.154. The van der Waals surface area contributed by atoms with E-state index in [1.807, 2.05) is 19.1 Å². The summed E-state index contributed by atoms with van der Waals surface area (Å²) in [6.07, 6.45) is 4.79. The van der Waals surface area contributed by atoms with Gasteiger partial charge in [-0.1, -0.05) is 19.1 Å². The van der Waals surface area contributed by atoms with Gasteiger partial charge < -0.3 is 5.32 Å². The Morgan fingerprint density at radius 2 is 2.24 bits per heavy atom. The van der Waals surface area contributed by atoms with Gasteiger partial charge in [-0.15, -0.1) is 6.58 Å². The van der Waals surface area contributed by atoms with Crippen molar-refractivity contribution >= 4 is 0 Å². The average molecular weight is 235 g/mol. The molecule has 1 unspecified atom stereocenters. The first-order valence-corrected chi connectivity index (χ1v) is 6.26. The van der Waals surface area contributed by atoms with Gasteiger partial charge in [0, 0.05) is 6.04 Å². The van der Waals surface area contributed by atoms with E-state index in [-0.39, 0.29) is 5.82 Å². The van der Waals surface area contributed by atoms with Gasteiger partial charge in [0.05, 0.1) is 0 Å². The highest BCUT2D eigenvalue weighted by molar-refractivity contribution is 5.27. The molecule has 0 spiro atoms. The summed E-state index contributed by atoms with van der Waals surface area (Å²) in [5.74, 6) is -0.154. The highest BCUT2D eigenvalue weighted by atomic mass is 19.1. The lowest BCUT2D eigenvalue weighted by Crippen LogP contribution is -2.31. The molecule has 0 saturated carbocycles. The summed E-state index contributed by atoms with van der Waals surface area (Å²) < 4.78 is 13.2. The summed E-state index contributed by atoms with van der Waals surface area (Å²) >= 11 is 0. The molecule has 1 nitrogen and oxygen atoms in total. The smallest absolute Gasteiger partial charge is 0.123 e. The van der Waals surface area contributed by atoms with Gasteiger partial charge >= 0.3 is 0 Å². The number of benzene rings is 1. The zero-order chi connectivity index (χ0) is 12.7. The monoisotopic (exact) mass is 235 g/mol. The Hall–Kier alpha value is -1.15. The van der Waals surface area contributed by atoms with Crippen molar-refractivity contribution in [3.8, 4) is 0 Å². The van der Waals surface area contributed by atoms with E-state index in [2.05, 4.69) is 18.8 Å². The lowest BCUT2D eigenvalue weighted by atomic mass is 9.99. The van der Waals surface area contributed by atoms with E-state index in [0.29, 0.717) is 6.04 Å². The van der Waals surface area contributed by atoms with Gasteiger partial charge in [-0.2, -0.15) is 0 Å². The van der Waals surface area contributed by atoms with Crippen LogP contribution in [0.25, 0.3) is 0 Å². The third-order valence-corrected chi connectivity index (χ3v) is 2.91. The molecule has 0 aromatic heterocycles. The van der Waals surface area contributed by atoms with E-state index < -0.39 is 0 Å². The molecule has 1 atom stereocenters. The summed E-state index contributed by atoms with van der Waals surface area (Å²) in [6.45, 7) is 8.94. The Morgan fingerprint density at radius 1 is 1.47 bits per heavy atom. The first-order chi connectivity index (χ1) is 8.17. The predicted molar refractivity (Wildman–Crippen MR) is 71.7 cm³/mol. The topological polar surface area (TPSA) is 12.0 Å². The van der Waals surface area contributed by atoms with Gasteiger partial charge in [0.1, 0.15) is 5.82 Å². The second kappa shape index (κ2) is 7.23. The zero-order valence-corrected chi connectivity index (χ0v) is 10.8. The number of halogens is 1. The number of nitrogens with one attached hydrogen (secondary N) is 1. The quantitative estimate of drug-likeness (QED) is 0.712. The molecule has 0 bridgehead atoms. The van der Waals surface area contributed by atoms with Crippen LogP contribution in [0, 0.1) is 12.7 Å². The predicted octanol–water partition coefficient (Wildman–Crippen LogP) is 3.62. The van der Waals surface area contributed by atoms with Gasteiger partial charge in [0.25, 0.3) is 0 Å². The van der Waals surface area contributed by atoms with Gasteiger partial charge in [0.2, 0.25) is 0 Å². The first kappa shape index (κ1) is 13.9.